The molecular weight excluding hydrogens is 174 g/mol. The molecule has 1 saturated heterocycles. The third kappa shape index (κ3) is 1.86. The fourth-order valence-electron chi connectivity index (χ4n) is 1.34. The summed E-state index contributed by atoms with van der Waals surface area (Å²) in [6.07, 6.45) is 0.365. The Hall–Kier alpha value is -0.960. The van der Waals surface area contributed by atoms with Crippen LogP contribution in [0.4, 0.5) is 8.78 Å². The van der Waals surface area contributed by atoms with E-state index in [1.165, 1.54) is 12.1 Å². The molecule has 0 spiro atoms. The number of rotatable bonds is 2. The Balaban J connectivity index is 2.31. The summed E-state index contributed by atoms with van der Waals surface area (Å²) in [6, 6.07) is 2.70. The van der Waals surface area contributed by atoms with Gasteiger partial charge < -0.3 is 4.74 Å². The first-order chi connectivity index (χ1) is 6.16. The number of benzene rings is 1. The molecule has 1 aromatic rings. The molecule has 1 nitrogen and oxygen atoms in total. The van der Waals surface area contributed by atoms with Crippen molar-refractivity contribution < 1.29 is 13.5 Å². The number of ether oxygens (including phenoxy) is 1. The summed E-state index contributed by atoms with van der Waals surface area (Å²) in [5.41, 5.74) is 0.753. The molecule has 1 aliphatic rings. The lowest BCUT2D eigenvalue weighted by atomic mass is 10.1. The summed E-state index contributed by atoms with van der Waals surface area (Å²) >= 11 is 0. The van der Waals surface area contributed by atoms with Crippen LogP contribution in [-0.2, 0) is 11.2 Å². The number of aryl methyl sites for hydroxylation is 1. The van der Waals surface area contributed by atoms with Crippen LogP contribution in [0.1, 0.15) is 11.1 Å². The van der Waals surface area contributed by atoms with E-state index in [1.807, 2.05) is 0 Å². The molecule has 1 atom stereocenters. The van der Waals surface area contributed by atoms with Gasteiger partial charge in [0.15, 0.2) is 0 Å². The van der Waals surface area contributed by atoms with Crippen LogP contribution in [0.2, 0.25) is 0 Å². The second-order valence-corrected chi connectivity index (χ2v) is 3.37. The molecule has 0 aromatic heterocycles. The van der Waals surface area contributed by atoms with Crippen molar-refractivity contribution in [2.75, 3.05) is 6.61 Å². The lowest BCUT2D eigenvalue weighted by Crippen LogP contribution is -2.01. The van der Waals surface area contributed by atoms with Crippen LogP contribution >= 0.6 is 0 Å². The van der Waals surface area contributed by atoms with Gasteiger partial charge in [-0.05, 0) is 24.6 Å². The van der Waals surface area contributed by atoms with Gasteiger partial charge in [-0.2, -0.15) is 0 Å². The molecule has 70 valence electrons. The lowest BCUT2D eigenvalue weighted by Gasteiger charge is -2.03. The highest BCUT2D eigenvalue weighted by Gasteiger charge is 2.25. The van der Waals surface area contributed by atoms with Crippen LogP contribution in [0, 0.1) is 18.6 Å². The van der Waals surface area contributed by atoms with Crippen LogP contribution in [0.25, 0.3) is 0 Å². The molecule has 0 aliphatic carbocycles. The second-order valence-electron chi connectivity index (χ2n) is 3.37. The predicted molar refractivity (Wildman–Crippen MR) is 44.5 cm³/mol. The topological polar surface area (TPSA) is 12.5 Å². The molecule has 0 amide bonds. The maximum Gasteiger partial charge on any atom is 0.129 e. The minimum absolute atomic E-state index is 0.0201. The normalized spacial score (nSPS) is 20.4. The molecule has 0 N–H and O–H groups in total. The maximum atomic E-state index is 13.2. The SMILES string of the molecule is Cc1cc(F)c(CC2CO2)c(F)c1. The van der Waals surface area contributed by atoms with Crippen LogP contribution in [-0.4, -0.2) is 12.7 Å². The molecule has 2 rings (SSSR count). The van der Waals surface area contributed by atoms with Crippen molar-refractivity contribution in [2.24, 2.45) is 0 Å². The minimum Gasteiger partial charge on any atom is -0.373 e. The first-order valence-corrected chi connectivity index (χ1v) is 4.23. The van der Waals surface area contributed by atoms with Crippen LogP contribution in [0.5, 0.6) is 0 Å². The number of hydrogen-bond acceptors (Lipinski definition) is 1. The summed E-state index contributed by atoms with van der Waals surface area (Å²) in [6.45, 7) is 2.29. The van der Waals surface area contributed by atoms with E-state index in [2.05, 4.69) is 0 Å². The minimum atomic E-state index is -0.465. The fourth-order valence-corrected chi connectivity index (χ4v) is 1.34. The first kappa shape index (κ1) is 8.63. The molecular formula is C10H10F2O. The Kier molecular flexibility index (Phi) is 2.04. The summed E-state index contributed by atoms with van der Waals surface area (Å²) in [5.74, 6) is -0.930. The zero-order valence-electron chi connectivity index (χ0n) is 7.31. The fraction of sp³-hybridized carbons (Fsp3) is 0.400. The molecule has 1 aromatic carbocycles. The van der Waals surface area contributed by atoms with Crippen LogP contribution in [0.15, 0.2) is 12.1 Å². The third-order valence-electron chi connectivity index (χ3n) is 2.12. The van der Waals surface area contributed by atoms with Crippen molar-refractivity contribution in [1.29, 1.82) is 0 Å². The van der Waals surface area contributed by atoms with E-state index < -0.39 is 11.6 Å². The quantitative estimate of drug-likeness (QED) is 0.642. The van der Waals surface area contributed by atoms with Crippen molar-refractivity contribution in [2.45, 2.75) is 19.4 Å². The summed E-state index contributed by atoms with van der Waals surface area (Å²) in [7, 11) is 0. The largest absolute Gasteiger partial charge is 0.373 e. The molecule has 0 radical (unpaired) electrons. The van der Waals surface area contributed by atoms with E-state index in [4.69, 9.17) is 4.74 Å². The Labute approximate surface area is 75.3 Å². The van der Waals surface area contributed by atoms with E-state index in [-0.39, 0.29) is 11.7 Å². The molecule has 1 aliphatic heterocycles. The van der Waals surface area contributed by atoms with Crippen LogP contribution < -0.4 is 0 Å². The summed E-state index contributed by atoms with van der Waals surface area (Å²) < 4.78 is 31.3. The zero-order valence-corrected chi connectivity index (χ0v) is 7.31. The monoisotopic (exact) mass is 184 g/mol. The molecule has 0 bridgehead atoms. The highest BCUT2D eigenvalue weighted by atomic mass is 19.1. The standard InChI is InChI=1S/C10H10F2O/c1-6-2-9(11)8(10(12)3-6)4-7-5-13-7/h2-3,7H,4-5H2,1H3. The van der Waals surface area contributed by atoms with Gasteiger partial charge in [0.05, 0.1) is 12.7 Å². The zero-order chi connectivity index (χ0) is 9.42. The average Bonchev–Trinajstić information content (AvgIpc) is 2.79. The maximum absolute atomic E-state index is 13.2. The number of hydrogen-bond donors (Lipinski definition) is 0. The molecule has 1 unspecified atom stereocenters. The molecule has 0 saturated carbocycles. The first-order valence-electron chi connectivity index (χ1n) is 4.23. The van der Waals surface area contributed by atoms with Gasteiger partial charge in [-0.15, -0.1) is 0 Å². The Morgan fingerprint density at radius 3 is 2.38 bits per heavy atom. The number of halogens is 2. The molecule has 3 heteroatoms. The lowest BCUT2D eigenvalue weighted by molar-refractivity contribution is 0.400. The van der Waals surface area contributed by atoms with E-state index in [1.54, 1.807) is 6.92 Å². The molecule has 1 heterocycles. The van der Waals surface area contributed by atoms with E-state index >= 15 is 0 Å². The predicted octanol–water partition coefficient (Wildman–Crippen LogP) is 2.21. The van der Waals surface area contributed by atoms with Crippen molar-refractivity contribution in [1.82, 2.24) is 0 Å². The highest BCUT2D eigenvalue weighted by molar-refractivity contribution is 5.26. The van der Waals surface area contributed by atoms with Crippen molar-refractivity contribution in [3.63, 3.8) is 0 Å². The van der Waals surface area contributed by atoms with Gasteiger partial charge >= 0.3 is 0 Å². The van der Waals surface area contributed by atoms with Crippen molar-refractivity contribution >= 4 is 0 Å². The van der Waals surface area contributed by atoms with E-state index in [9.17, 15) is 8.78 Å². The van der Waals surface area contributed by atoms with Crippen molar-refractivity contribution in [3.05, 3.63) is 34.9 Å². The van der Waals surface area contributed by atoms with Gasteiger partial charge in [0.2, 0.25) is 0 Å². The van der Waals surface area contributed by atoms with Gasteiger partial charge in [-0.25, -0.2) is 8.78 Å². The molecule has 13 heavy (non-hydrogen) atoms. The van der Waals surface area contributed by atoms with Gasteiger partial charge in [0.25, 0.3) is 0 Å². The van der Waals surface area contributed by atoms with Gasteiger partial charge in [-0.3, -0.25) is 0 Å². The van der Waals surface area contributed by atoms with Gasteiger partial charge in [0, 0.05) is 12.0 Å². The Bertz CT molecular complexity index is 309. The van der Waals surface area contributed by atoms with Gasteiger partial charge in [0.1, 0.15) is 11.6 Å². The highest BCUT2D eigenvalue weighted by Crippen LogP contribution is 2.21. The second kappa shape index (κ2) is 3.07. The van der Waals surface area contributed by atoms with Crippen molar-refractivity contribution in [3.8, 4) is 0 Å². The summed E-state index contributed by atoms with van der Waals surface area (Å²) in [4.78, 5) is 0. The van der Waals surface area contributed by atoms with Crippen LogP contribution in [0.3, 0.4) is 0 Å². The Morgan fingerprint density at radius 2 is 1.92 bits per heavy atom. The van der Waals surface area contributed by atoms with E-state index in [0.29, 0.717) is 18.6 Å². The third-order valence-corrected chi connectivity index (χ3v) is 2.12. The average molecular weight is 184 g/mol. The molecule has 1 fully saturated rings. The number of epoxide rings is 1. The Morgan fingerprint density at radius 1 is 1.38 bits per heavy atom. The van der Waals surface area contributed by atoms with Gasteiger partial charge in [-0.1, -0.05) is 0 Å². The smallest absolute Gasteiger partial charge is 0.129 e. The van der Waals surface area contributed by atoms with E-state index in [0.717, 1.165) is 0 Å². The summed E-state index contributed by atoms with van der Waals surface area (Å²) in [5, 5.41) is 0.